The number of hydrogen-bond donors (Lipinski definition) is 0. The maximum atomic E-state index is 10.9. The molecule has 0 aromatic rings. The Morgan fingerprint density at radius 3 is 1.47 bits per heavy atom. The van der Waals surface area contributed by atoms with Crippen molar-refractivity contribution in [3.63, 3.8) is 0 Å². The van der Waals surface area contributed by atoms with E-state index >= 15 is 0 Å². The van der Waals surface area contributed by atoms with Gasteiger partial charge in [-0.1, -0.05) is 11.1 Å². The van der Waals surface area contributed by atoms with Crippen LogP contribution in [-0.4, -0.2) is 5.78 Å². The van der Waals surface area contributed by atoms with Crippen LogP contribution in [0.5, 0.6) is 0 Å². The standard InChI is InChI=1S/C9H14O.C3H2N2/c1-7(2)5-9(10)6-8(3)4;4-2-1-3-5/h5-6H,1-4H3;1H2. The number of allylic oxidation sites excluding steroid dienone is 4. The van der Waals surface area contributed by atoms with E-state index in [1.165, 1.54) is 0 Å². The minimum atomic E-state index is 0. The third-order valence-corrected chi connectivity index (χ3v) is 1.02. The smallest absolute Gasteiger partial charge is 0.178 e. The lowest BCUT2D eigenvalue weighted by Gasteiger charge is -1.87. The van der Waals surface area contributed by atoms with Crippen LogP contribution in [0, 0.1) is 22.7 Å². The molecule has 0 spiro atoms. The van der Waals surface area contributed by atoms with E-state index in [1.54, 1.807) is 24.3 Å². The molecule has 0 aliphatic carbocycles. The predicted octanol–water partition coefficient (Wildman–Crippen LogP) is 2.91. The molecule has 0 saturated carbocycles. The van der Waals surface area contributed by atoms with Gasteiger partial charge in [-0.25, -0.2) is 0 Å². The van der Waals surface area contributed by atoms with Crippen LogP contribution in [0.3, 0.4) is 0 Å². The van der Waals surface area contributed by atoms with Gasteiger partial charge in [0, 0.05) is 0 Å². The monoisotopic (exact) mass is 204 g/mol. The van der Waals surface area contributed by atoms with Gasteiger partial charge in [-0.2, -0.15) is 10.5 Å². The molecule has 0 heterocycles. The Balaban J connectivity index is 0. The van der Waals surface area contributed by atoms with Crippen molar-refractivity contribution in [3.05, 3.63) is 23.3 Å². The highest BCUT2D eigenvalue weighted by atomic mass is 16.1. The molecule has 3 heteroatoms. The van der Waals surface area contributed by atoms with Gasteiger partial charge in [-0.05, 0) is 39.8 Å². The van der Waals surface area contributed by atoms with Crippen molar-refractivity contribution in [1.82, 2.24) is 0 Å². The van der Waals surface area contributed by atoms with Crippen molar-refractivity contribution in [2.75, 3.05) is 0 Å². The average molecular weight is 204 g/mol. The third-order valence-electron chi connectivity index (χ3n) is 1.02. The lowest BCUT2D eigenvalue weighted by Crippen LogP contribution is -1.87. The van der Waals surface area contributed by atoms with Crippen LogP contribution in [0.2, 0.25) is 0 Å². The molecule has 0 aliphatic rings. The number of carbonyl (C=O) groups is 1. The Morgan fingerprint density at radius 1 is 1.00 bits per heavy atom. The van der Waals surface area contributed by atoms with Gasteiger partial charge in [-0.3, -0.25) is 4.79 Å². The summed E-state index contributed by atoms with van der Waals surface area (Å²) in [4.78, 5) is 10.9. The number of nitriles is 2. The van der Waals surface area contributed by atoms with Crippen molar-refractivity contribution in [3.8, 4) is 12.1 Å². The van der Waals surface area contributed by atoms with Crippen molar-refractivity contribution in [2.24, 2.45) is 0 Å². The van der Waals surface area contributed by atoms with Crippen LogP contribution < -0.4 is 0 Å². The molecule has 0 unspecified atom stereocenters. The van der Waals surface area contributed by atoms with E-state index in [9.17, 15) is 4.79 Å². The first kappa shape index (κ1) is 15.6. The van der Waals surface area contributed by atoms with Gasteiger partial charge in [0.25, 0.3) is 0 Å². The van der Waals surface area contributed by atoms with Crippen LogP contribution in [-0.2, 0) is 4.79 Å². The number of hydrogen-bond acceptors (Lipinski definition) is 3. The molecule has 0 radical (unpaired) electrons. The van der Waals surface area contributed by atoms with E-state index in [1.807, 2.05) is 27.7 Å². The molecule has 0 fully saturated rings. The lowest BCUT2D eigenvalue weighted by atomic mass is 10.2. The molecular weight excluding hydrogens is 188 g/mol. The molecule has 0 saturated heterocycles. The second kappa shape index (κ2) is 10.2. The summed E-state index contributed by atoms with van der Waals surface area (Å²) in [7, 11) is 0. The summed E-state index contributed by atoms with van der Waals surface area (Å²) < 4.78 is 0. The summed E-state index contributed by atoms with van der Waals surface area (Å²) in [6.07, 6.45) is 3.26. The zero-order chi connectivity index (χ0) is 12.3. The minimum absolute atomic E-state index is 0. The second-order valence-corrected chi connectivity index (χ2v) is 3.34. The molecule has 3 nitrogen and oxygen atoms in total. The van der Waals surface area contributed by atoms with Crippen LogP contribution in [0.4, 0.5) is 0 Å². The average Bonchev–Trinajstić information content (AvgIpc) is 2.03. The molecule has 0 aliphatic heterocycles. The summed E-state index contributed by atoms with van der Waals surface area (Å²) in [6, 6.07) is 3.31. The Kier molecular flexibility index (Phi) is 10.6. The van der Waals surface area contributed by atoms with Gasteiger partial charge < -0.3 is 0 Å². The molecule has 0 N–H and O–H groups in total. The number of rotatable bonds is 2. The van der Waals surface area contributed by atoms with E-state index in [0.717, 1.165) is 11.1 Å². The SMILES string of the molecule is CC(C)=CC(=O)C=C(C)C.N#CCC#N. The number of nitrogens with zero attached hydrogens (tertiary/aromatic N) is 2. The van der Waals surface area contributed by atoms with Gasteiger partial charge in [0.2, 0.25) is 0 Å². The van der Waals surface area contributed by atoms with Crippen molar-refractivity contribution in [2.45, 2.75) is 34.1 Å². The highest BCUT2D eigenvalue weighted by molar-refractivity contribution is 5.99. The zero-order valence-electron chi connectivity index (χ0n) is 9.66. The largest absolute Gasteiger partial charge is 0.290 e. The molecule has 0 aromatic heterocycles. The normalized spacial score (nSPS) is 7.07. The van der Waals surface area contributed by atoms with Crippen LogP contribution >= 0.6 is 0 Å². The van der Waals surface area contributed by atoms with Gasteiger partial charge in [0.15, 0.2) is 5.78 Å². The Hall–Kier alpha value is -1.87. The number of ketones is 1. The maximum Gasteiger partial charge on any atom is 0.178 e. The Morgan fingerprint density at radius 2 is 1.33 bits per heavy atom. The summed E-state index contributed by atoms with van der Waals surface area (Å²) in [5, 5.41) is 15.2. The molecule has 0 amide bonds. The Labute approximate surface area is 91.3 Å². The molecule has 0 aromatic carbocycles. The fourth-order valence-electron chi connectivity index (χ4n) is 0.646. The van der Waals surface area contributed by atoms with E-state index in [-0.39, 0.29) is 12.2 Å². The first-order valence-corrected chi connectivity index (χ1v) is 4.51. The van der Waals surface area contributed by atoms with Gasteiger partial charge in [0.1, 0.15) is 6.42 Å². The van der Waals surface area contributed by atoms with Crippen LogP contribution in [0.15, 0.2) is 23.3 Å². The van der Waals surface area contributed by atoms with Crippen molar-refractivity contribution < 1.29 is 4.79 Å². The summed E-state index contributed by atoms with van der Waals surface area (Å²) in [6.45, 7) is 7.65. The molecule has 15 heavy (non-hydrogen) atoms. The van der Waals surface area contributed by atoms with Gasteiger partial charge >= 0.3 is 0 Å². The second-order valence-electron chi connectivity index (χ2n) is 3.34. The van der Waals surface area contributed by atoms with E-state index in [0.29, 0.717) is 0 Å². The summed E-state index contributed by atoms with van der Waals surface area (Å²) >= 11 is 0. The molecule has 0 rings (SSSR count). The highest BCUT2D eigenvalue weighted by Crippen LogP contribution is 1.94. The highest BCUT2D eigenvalue weighted by Gasteiger charge is 1.89. The van der Waals surface area contributed by atoms with Crippen LogP contribution in [0.1, 0.15) is 34.1 Å². The summed E-state index contributed by atoms with van der Waals surface area (Å²) in [5.41, 5.74) is 2.09. The molecule has 0 atom stereocenters. The van der Waals surface area contributed by atoms with Crippen molar-refractivity contribution >= 4 is 5.78 Å². The quantitative estimate of drug-likeness (QED) is 0.649. The molecule has 0 bridgehead atoms. The minimum Gasteiger partial charge on any atom is -0.290 e. The first-order valence-electron chi connectivity index (χ1n) is 4.51. The molecule has 80 valence electrons. The topological polar surface area (TPSA) is 64.7 Å². The van der Waals surface area contributed by atoms with Crippen LogP contribution in [0.25, 0.3) is 0 Å². The van der Waals surface area contributed by atoms with E-state index in [4.69, 9.17) is 10.5 Å². The maximum absolute atomic E-state index is 10.9. The summed E-state index contributed by atoms with van der Waals surface area (Å²) in [5.74, 6) is 0.0833. The lowest BCUT2D eigenvalue weighted by molar-refractivity contribution is -0.110. The van der Waals surface area contributed by atoms with Gasteiger partial charge in [0.05, 0.1) is 12.1 Å². The van der Waals surface area contributed by atoms with E-state index < -0.39 is 0 Å². The predicted molar refractivity (Wildman–Crippen MR) is 59.7 cm³/mol. The zero-order valence-corrected chi connectivity index (χ0v) is 9.66. The van der Waals surface area contributed by atoms with Crippen molar-refractivity contribution in [1.29, 1.82) is 10.5 Å². The fraction of sp³-hybridized carbons (Fsp3) is 0.417. The third kappa shape index (κ3) is 18.8. The Bertz CT molecular complexity index is 298. The number of carbonyl (C=O) groups excluding carboxylic acids is 1. The van der Waals surface area contributed by atoms with E-state index in [2.05, 4.69) is 0 Å². The molecular formula is C12H16N2O. The van der Waals surface area contributed by atoms with Gasteiger partial charge in [-0.15, -0.1) is 0 Å². The fourth-order valence-corrected chi connectivity index (χ4v) is 0.646. The first-order chi connectivity index (χ1) is 6.93.